The number of unbranched alkanes of at least 4 members (excludes halogenated alkanes) is 9. The second-order valence-electron chi connectivity index (χ2n) is 6.46. The normalized spacial score (nSPS) is 11.0. The van der Waals surface area contributed by atoms with E-state index in [4.69, 9.17) is 4.42 Å². The molecular formula is C20H34O2. The Bertz CT molecular complexity index is 392. The molecule has 0 atom stereocenters. The van der Waals surface area contributed by atoms with Crippen LogP contribution in [-0.2, 0) is 17.6 Å². The molecule has 2 nitrogen and oxygen atoms in total. The first-order valence-electron chi connectivity index (χ1n) is 9.29. The molecule has 2 heteroatoms. The summed E-state index contributed by atoms with van der Waals surface area (Å²) in [6, 6.07) is 2.23. The smallest absolute Gasteiger partial charge is 0.119 e. The van der Waals surface area contributed by atoms with Crippen molar-refractivity contribution in [3.8, 4) is 0 Å². The molecule has 0 radical (unpaired) electrons. The fourth-order valence-corrected chi connectivity index (χ4v) is 2.91. The lowest BCUT2D eigenvalue weighted by Gasteiger charge is -2.01. The molecule has 0 fully saturated rings. The predicted octanol–water partition coefficient (Wildman–Crippen LogP) is 6.18. The quantitative estimate of drug-likeness (QED) is 0.303. The zero-order valence-corrected chi connectivity index (χ0v) is 14.7. The van der Waals surface area contributed by atoms with Crippen molar-refractivity contribution >= 4 is 6.29 Å². The standard InChI is InChI=1S/C20H34O2/c1-3-4-11-14-19-17-18(2)20(22-19)15-12-9-7-5-6-8-10-13-16-21/h16-17H,3-15H2,1-2H3. The van der Waals surface area contributed by atoms with E-state index in [1.807, 2.05) is 0 Å². The summed E-state index contributed by atoms with van der Waals surface area (Å²) in [5.74, 6) is 2.38. The van der Waals surface area contributed by atoms with E-state index in [-0.39, 0.29) is 0 Å². The first-order valence-corrected chi connectivity index (χ1v) is 9.29. The zero-order valence-electron chi connectivity index (χ0n) is 14.7. The third kappa shape index (κ3) is 8.41. The van der Waals surface area contributed by atoms with Crippen molar-refractivity contribution < 1.29 is 9.21 Å². The molecule has 22 heavy (non-hydrogen) atoms. The lowest BCUT2D eigenvalue weighted by atomic mass is 10.1. The molecule has 0 bridgehead atoms. The lowest BCUT2D eigenvalue weighted by molar-refractivity contribution is -0.107. The molecule has 0 N–H and O–H groups in total. The molecule has 0 saturated heterocycles. The van der Waals surface area contributed by atoms with Crippen LogP contribution in [0.3, 0.4) is 0 Å². The van der Waals surface area contributed by atoms with Gasteiger partial charge in [-0.1, -0.05) is 51.9 Å². The minimum Gasteiger partial charge on any atom is -0.466 e. The van der Waals surface area contributed by atoms with Crippen molar-refractivity contribution in [1.29, 1.82) is 0 Å². The monoisotopic (exact) mass is 306 g/mol. The Labute approximate surface area is 136 Å². The molecule has 1 aromatic rings. The summed E-state index contributed by atoms with van der Waals surface area (Å²) >= 11 is 0. The third-order valence-corrected chi connectivity index (χ3v) is 4.32. The predicted molar refractivity (Wildman–Crippen MR) is 93.4 cm³/mol. The number of carbonyl (C=O) groups excluding carboxylic acids is 1. The van der Waals surface area contributed by atoms with Crippen LogP contribution < -0.4 is 0 Å². The van der Waals surface area contributed by atoms with Crippen molar-refractivity contribution in [2.24, 2.45) is 0 Å². The minimum atomic E-state index is 0.734. The molecule has 1 rings (SSSR count). The van der Waals surface area contributed by atoms with Crippen LogP contribution in [0.2, 0.25) is 0 Å². The maximum absolute atomic E-state index is 10.2. The first kappa shape index (κ1) is 19.0. The van der Waals surface area contributed by atoms with Crippen molar-refractivity contribution in [2.75, 3.05) is 0 Å². The fraction of sp³-hybridized carbons (Fsp3) is 0.750. The second kappa shape index (κ2) is 12.5. The van der Waals surface area contributed by atoms with Gasteiger partial charge < -0.3 is 9.21 Å². The summed E-state index contributed by atoms with van der Waals surface area (Å²) in [6.07, 6.45) is 16.4. The second-order valence-corrected chi connectivity index (χ2v) is 6.46. The van der Waals surface area contributed by atoms with Gasteiger partial charge in [0, 0.05) is 19.3 Å². The van der Waals surface area contributed by atoms with Crippen LogP contribution in [-0.4, -0.2) is 6.29 Å². The van der Waals surface area contributed by atoms with Crippen molar-refractivity contribution in [2.45, 2.75) is 97.3 Å². The van der Waals surface area contributed by atoms with Crippen LogP contribution in [0.25, 0.3) is 0 Å². The van der Waals surface area contributed by atoms with Gasteiger partial charge in [-0.3, -0.25) is 0 Å². The zero-order chi connectivity index (χ0) is 16.0. The molecule has 0 aromatic carbocycles. The highest BCUT2D eigenvalue weighted by Crippen LogP contribution is 2.19. The Kier molecular flexibility index (Phi) is 10.8. The van der Waals surface area contributed by atoms with E-state index in [0.29, 0.717) is 0 Å². The Morgan fingerprint density at radius 2 is 1.55 bits per heavy atom. The molecular weight excluding hydrogens is 272 g/mol. The number of rotatable bonds is 14. The van der Waals surface area contributed by atoms with Gasteiger partial charge >= 0.3 is 0 Å². The van der Waals surface area contributed by atoms with E-state index in [1.165, 1.54) is 74.9 Å². The van der Waals surface area contributed by atoms with Gasteiger partial charge in [0.15, 0.2) is 0 Å². The minimum absolute atomic E-state index is 0.734. The van der Waals surface area contributed by atoms with Crippen molar-refractivity contribution in [1.82, 2.24) is 0 Å². The average molecular weight is 306 g/mol. The van der Waals surface area contributed by atoms with E-state index < -0.39 is 0 Å². The van der Waals surface area contributed by atoms with Gasteiger partial charge in [-0.2, -0.15) is 0 Å². The summed E-state index contributed by atoms with van der Waals surface area (Å²) in [6.45, 7) is 4.41. The van der Waals surface area contributed by atoms with E-state index >= 15 is 0 Å². The van der Waals surface area contributed by atoms with Crippen LogP contribution >= 0.6 is 0 Å². The highest BCUT2D eigenvalue weighted by molar-refractivity contribution is 5.48. The maximum Gasteiger partial charge on any atom is 0.119 e. The van der Waals surface area contributed by atoms with Gasteiger partial charge in [-0.05, 0) is 37.8 Å². The molecule has 0 aliphatic carbocycles. The molecule has 0 aliphatic heterocycles. The summed E-state index contributed by atoms with van der Waals surface area (Å²) in [5.41, 5.74) is 1.33. The molecule has 0 amide bonds. The lowest BCUT2D eigenvalue weighted by Crippen LogP contribution is -1.87. The highest BCUT2D eigenvalue weighted by atomic mass is 16.3. The van der Waals surface area contributed by atoms with Crippen LogP contribution in [0.15, 0.2) is 10.5 Å². The van der Waals surface area contributed by atoms with Gasteiger partial charge in [0.2, 0.25) is 0 Å². The number of aldehydes is 1. The van der Waals surface area contributed by atoms with E-state index in [9.17, 15) is 4.79 Å². The Morgan fingerprint density at radius 3 is 2.23 bits per heavy atom. The van der Waals surface area contributed by atoms with Gasteiger partial charge in [-0.25, -0.2) is 0 Å². The summed E-state index contributed by atoms with van der Waals surface area (Å²) in [4.78, 5) is 10.2. The number of hydrogen-bond donors (Lipinski definition) is 0. The Morgan fingerprint density at radius 1 is 0.909 bits per heavy atom. The number of aryl methyl sites for hydroxylation is 3. The Hall–Kier alpha value is -1.05. The fourth-order valence-electron chi connectivity index (χ4n) is 2.91. The number of carbonyl (C=O) groups is 1. The van der Waals surface area contributed by atoms with Gasteiger partial charge in [0.1, 0.15) is 17.8 Å². The summed E-state index contributed by atoms with van der Waals surface area (Å²) in [5, 5.41) is 0. The number of furan rings is 1. The summed E-state index contributed by atoms with van der Waals surface area (Å²) < 4.78 is 6.00. The summed E-state index contributed by atoms with van der Waals surface area (Å²) in [7, 11) is 0. The molecule has 0 saturated carbocycles. The SMILES string of the molecule is CCCCCc1cc(C)c(CCCCCCCCCC=O)o1. The highest BCUT2D eigenvalue weighted by Gasteiger charge is 2.07. The van der Waals surface area contributed by atoms with E-state index in [2.05, 4.69) is 19.9 Å². The van der Waals surface area contributed by atoms with Gasteiger partial charge in [0.05, 0.1) is 0 Å². The van der Waals surface area contributed by atoms with Crippen molar-refractivity contribution in [3.63, 3.8) is 0 Å². The van der Waals surface area contributed by atoms with E-state index in [0.717, 1.165) is 32.0 Å². The Balaban J connectivity index is 2.08. The van der Waals surface area contributed by atoms with Crippen molar-refractivity contribution in [3.05, 3.63) is 23.2 Å². The molecule has 1 heterocycles. The molecule has 0 unspecified atom stereocenters. The van der Waals surface area contributed by atoms with Gasteiger partial charge in [0.25, 0.3) is 0 Å². The topological polar surface area (TPSA) is 30.2 Å². The van der Waals surface area contributed by atoms with E-state index in [1.54, 1.807) is 0 Å². The molecule has 0 aliphatic rings. The first-order chi connectivity index (χ1) is 10.8. The number of hydrogen-bond acceptors (Lipinski definition) is 2. The van der Waals surface area contributed by atoms with Crippen LogP contribution in [0.5, 0.6) is 0 Å². The molecule has 126 valence electrons. The van der Waals surface area contributed by atoms with Crippen LogP contribution in [0.4, 0.5) is 0 Å². The average Bonchev–Trinajstić information content (AvgIpc) is 2.86. The molecule has 1 aromatic heterocycles. The van der Waals surface area contributed by atoms with Crippen LogP contribution in [0.1, 0.15) is 94.6 Å². The maximum atomic E-state index is 10.2. The third-order valence-electron chi connectivity index (χ3n) is 4.32. The largest absolute Gasteiger partial charge is 0.466 e. The van der Waals surface area contributed by atoms with Gasteiger partial charge in [-0.15, -0.1) is 0 Å². The molecule has 0 spiro atoms. The van der Waals surface area contributed by atoms with Crippen LogP contribution in [0, 0.1) is 6.92 Å².